The third-order valence-corrected chi connectivity index (χ3v) is 3.55. The molecule has 1 unspecified atom stereocenters. The van der Waals surface area contributed by atoms with Gasteiger partial charge in [-0.25, -0.2) is 20.0 Å². The Bertz CT molecular complexity index is 397. The number of nitrogens with zero attached hydrogens (tertiary/aromatic N) is 4. The topological polar surface area (TPSA) is 75.5 Å². The monoisotopic (exact) mass is 251 g/mol. The third kappa shape index (κ3) is 3.15. The van der Waals surface area contributed by atoms with E-state index < -0.39 is 0 Å². The van der Waals surface area contributed by atoms with Crippen LogP contribution in [0.5, 0.6) is 0 Å². The second-order valence-electron chi connectivity index (χ2n) is 3.99. The first kappa shape index (κ1) is 12.3. The molecule has 2 aliphatic rings. The number of nitrogens with two attached hydrogens (primary N) is 1. The number of amidine groups is 3. The van der Waals surface area contributed by atoms with Gasteiger partial charge in [0, 0.05) is 5.75 Å². The SMILES string of the molecule is CCCCCCSC1=NC2C(N)=NC=NC2=N1. The second kappa shape index (κ2) is 5.95. The predicted octanol–water partition coefficient (Wildman–Crippen LogP) is 1.84. The number of hydrogen-bond acceptors (Lipinski definition) is 6. The maximum absolute atomic E-state index is 5.74. The van der Waals surface area contributed by atoms with Gasteiger partial charge in [0.1, 0.15) is 12.2 Å². The van der Waals surface area contributed by atoms with E-state index in [1.54, 1.807) is 11.8 Å². The number of fused-ring (bicyclic) bond motifs is 1. The highest BCUT2D eigenvalue weighted by Crippen LogP contribution is 2.19. The van der Waals surface area contributed by atoms with E-state index >= 15 is 0 Å². The zero-order chi connectivity index (χ0) is 12.1. The number of hydrogen-bond donors (Lipinski definition) is 1. The molecule has 1 atom stereocenters. The molecule has 92 valence electrons. The number of aliphatic imine (C=N–C) groups is 4. The first-order valence-electron chi connectivity index (χ1n) is 5.96. The summed E-state index contributed by atoms with van der Waals surface area (Å²) in [5.41, 5.74) is 5.74. The van der Waals surface area contributed by atoms with Crippen LogP contribution in [-0.2, 0) is 0 Å². The molecule has 0 radical (unpaired) electrons. The summed E-state index contributed by atoms with van der Waals surface area (Å²) in [6, 6.07) is -0.238. The van der Waals surface area contributed by atoms with Crippen molar-refractivity contribution in [2.24, 2.45) is 25.7 Å². The second-order valence-corrected chi connectivity index (χ2v) is 5.05. The van der Waals surface area contributed by atoms with Gasteiger partial charge in [0.15, 0.2) is 17.0 Å². The fourth-order valence-corrected chi connectivity index (χ4v) is 2.51. The minimum atomic E-state index is -0.238. The van der Waals surface area contributed by atoms with E-state index in [1.165, 1.54) is 32.0 Å². The van der Waals surface area contributed by atoms with Crippen molar-refractivity contribution in [3.63, 3.8) is 0 Å². The first-order chi connectivity index (χ1) is 8.31. The lowest BCUT2D eigenvalue weighted by Gasteiger charge is -2.08. The van der Waals surface area contributed by atoms with Gasteiger partial charge in [-0.05, 0) is 6.42 Å². The van der Waals surface area contributed by atoms with Gasteiger partial charge in [-0.3, -0.25) is 0 Å². The molecule has 0 saturated heterocycles. The van der Waals surface area contributed by atoms with E-state index in [-0.39, 0.29) is 6.04 Å². The lowest BCUT2D eigenvalue weighted by atomic mass is 10.2. The van der Waals surface area contributed by atoms with E-state index in [0.717, 1.165) is 10.9 Å². The van der Waals surface area contributed by atoms with Crippen LogP contribution >= 0.6 is 11.8 Å². The highest BCUT2D eigenvalue weighted by molar-refractivity contribution is 8.13. The van der Waals surface area contributed by atoms with Gasteiger partial charge in [0.2, 0.25) is 0 Å². The van der Waals surface area contributed by atoms with Crippen LogP contribution < -0.4 is 5.73 Å². The fourth-order valence-electron chi connectivity index (χ4n) is 1.64. The van der Waals surface area contributed by atoms with Gasteiger partial charge >= 0.3 is 0 Å². The van der Waals surface area contributed by atoms with Crippen LogP contribution in [0.4, 0.5) is 0 Å². The summed E-state index contributed by atoms with van der Waals surface area (Å²) < 4.78 is 0. The van der Waals surface area contributed by atoms with Gasteiger partial charge in [-0.2, -0.15) is 0 Å². The third-order valence-electron chi connectivity index (χ3n) is 2.60. The molecular formula is C11H17N5S. The normalized spacial score (nSPS) is 21.9. The molecule has 2 heterocycles. The Hall–Kier alpha value is -1.17. The number of thioether (sulfide) groups is 1. The van der Waals surface area contributed by atoms with E-state index in [9.17, 15) is 0 Å². The zero-order valence-corrected chi connectivity index (χ0v) is 10.8. The molecular weight excluding hydrogens is 234 g/mol. The van der Waals surface area contributed by atoms with Gasteiger partial charge in [-0.15, -0.1) is 0 Å². The quantitative estimate of drug-likeness (QED) is 0.757. The highest BCUT2D eigenvalue weighted by Gasteiger charge is 2.27. The molecule has 2 N–H and O–H groups in total. The maximum atomic E-state index is 5.74. The van der Waals surface area contributed by atoms with Crippen LogP contribution in [-0.4, -0.2) is 35.0 Å². The standard InChI is InChI=1S/C11H17N5S/c1-2-3-4-5-6-17-11-15-8-9(12)13-7-14-10(8)16-11/h7-8H,2-6H2,1H3,(H2,12,13,14,15,16). The molecule has 0 aromatic heterocycles. The molecule has 2 aliphatic heterocycles. The molecule has 0 bridgehead atoms. The molecule has 0 spiro atoms. The average Bonchev–Trinajstić information content (AvgIpc) is 2.73. The minimum Gasteiger partial charge on any atom is -0.385 e. The molecule has 0 aliphatic carbocycles. The smallest absolute Gasteiger partial charge is 0.185 e. The fraction of sp³-hybridized carbons (Fsp3) is 0.636. The Kier molecular flexibility index (Phi) is 4.30. The molecule has 0 saturated carbocycles. The van der Waals surface area contributed by atoms with E-state index in [1.807, 2.05) is 0 Å². The lowest BCUT2D eigenvalue weighted by molar-refractivity contribution is 0.707. The van der Waals surface area contributed by atoms with E-state index in [4.69, 9.17) is 5.73 Å². The molecule has 17 heavy (non-hydrogen) atoms. The van der Waals surface area contributed by atoms with Crippen molar-refractivity contribution in [1.82, 2.24) is 0 Å². The summed E-state index contributed by atoms with van der Waals surface area (Å²) in [6.07, 6.45) is 6.49. The summed E-state index contributed by atoms with van der Waals surface area (Å²) >= 11 is 1.68. The molecule has 0 aromatic carbocycles. The average molecular weight is 251 g/mol. The summed E-state index contributed by atoms with van der Waals surface area (Å²) in [6.45, 7) is 2.21. The van der Waals surface area contributed by atoms with Gasteiger partial charge in [-0.1, -0.05) is 37.9 Å². The van der Waals surface area contributed by atoms with Crippen molar-refractivity contribution in [2.45, 2.75) is 38.6 Å². The Balaban J connectivity index is 1.80. The van der Waals surface area contributed by atoms with Crippen LogP contribution in [0, 0.1) is 0 Å². The van der Waals surface area contributed by atoms with Gasteiger partial charge in [0.25, 0.3) is 0 Å². The minimum absolute atomic E-state index is 0.238. The van der Waals surface area contributed by atoms with E-state index in [2.05, 4.69) is 26.9 Å². The van der Waals surface area contributed by atoms with Crippen molar-refractivity contribution in [3.8, 4) is 0 Å². The summed E-state index contributed by atoms with van der Waals surface area (Å²) in [5.74, 6) is 2.22. The largest absolute Gasteiger partial charge is 0.385 e. The number of rotatable bonds is 5. The Labute approximate surface area is 105 Å². The Morgan fingerprint density at radius 1 is 1.35 bits per heavy atom. The zero-order valence-electron chi connectivity index (χ0n) is 9.96. The Morgan fingerprint density at radius 2 is 2.24 bits per heavy atom. The maximum Gasteiger partial charge on any atom is 0.185 e. The van der Waals surface area contributed by atoms with Crippen LogP contribution in [0.25, 0.3) is 0 Å². The van der Waals surface area contributed by atoms with Crippen molar-refractivity contribution in [2.75, 3.05) is 5.75 Å². The van der Waals surface area contributed by atoms with Crippen molar-refractivity contribution >= 4 is 34.9 Å². The predicted molar refractivity (Wildman–Crippen MR) is 75.4 cm³/mol. The molecule has 2 rings (SSSR count). The summed E-state index contributed by atoms with van der Waals surface area (Å²) in [7, 11) is 0. The molecule has 6 heteroatoms. The summed E-state index contributed by atoms with van der Waals surface area (Å²) in [5, 5.41) is 0.790. The van der Waals surface area contributed by atoms with Crippen LogP contribution in [0.2, 0.25) is 0 Å². The molecule has 5 nitrogen and oxygen atoms in total. The number of unbranched alkanes of at least 4 members (excludes halogenated alkanes) is 3. The van der Waals surface area contributed by atoms with Crippen molar-refractivity contribution in [1.29, 1.82) is 0 Å². The first-order valence-corrected chi connectivity index (χ1v) is 6.94. The van der Waals surface area contributed by atoms with Crippen molar-refractivity contribution < 1.29 is 0 Å². The molecule has 0 aromatic rings. The van der Waals surface area contributed by atoms with Crippen LogP contribution in [0.3, 0.4) is 0 Å². The molecule has 0 fully saturated rings. The van der Waals surface area contributed by atoms with Gasteiger partial charge < -0.3 is 5.73 Å². The Morgan fingerprint density at radius 3 is 3.00 bits per heavy atom. The van der Waals surface area contributed by atoms with Crippen LogP contribution in [0.15, 0.2) is 20.0 Å². The lowest BCUT2D eigenvalue weighted by Crippen LogP contribution is -2.34. The molecule has 0 amide bonds. The summed E-state index contributed by atoms with van der Waals surface area (Å²) in [4.78, 5) is 16.8. The highest BCUT2D eigenvalue weighted by atomic mass is 32.2. The van der Waals surface area contributed by atoms with E-state index in [0.29, 0.717) is 11.7 Å². The van der Waals surface area contributed by atoms with Crippen molar-refractivity contribution in [3.05, 3.63) is 0 Å². The van der Waals surface area contributed by atoms with Crippen LogP contribution in [0.1, 0.15) is 32.6 Å². The van der Waals surface area contributed by atoms with Gasteiger partial charge in [0.05, 0.1) is 0 Å².